The number of halogens is 3. The van der Waals surface area contributed by atoms with E-state index >= 15 is 0 Å². The number of nitrogens with zero attached hydrogens (tertiary/aromatic N) is 1. The number of alkyl halides is 3. The van der Waals surface area contributed by atoms with Crippen molar-refractivity contribution in [1.82, 2.24) is 15.5 Å². The highest BCUT2D eigenvalue weighted by atomic mass is 19.4. The number of carbonyl (C=O) groups is 1. The van der Waals surface area contributed by atoms with Gasteiger partial charge in [0.2, 0.25) is 5.91 Å². The number of likely N-dealkylation sites (tertiary alicyclic amines) is 1. The second kappa shape index (κ2) is 6.97. The molecule has 0 aromatic heterocycles. The van der Waals surface area contributed by atoms with Crippen molar-refractivity contribution < 1.29 is 18.0 Å². The van der Waals surface area contributed by atoms with Gasteiger partial charge in [-0.25, -0.2) is 0 Å². The molecule has 2 saturated heterocycles. The summed E-state index contributed by atoms with van der Waals surface area (Å²) in [6.07, 6.45) is 2.82. The maximum absolute atomic E-state index is 12.4. The molecule has 132 valence electrons. The van der Waals surface area contributed by atoms with Crippen LogP contribution in [0, 0.1) is 5.92 Å². The highest BCUT2D eigenvalue weighted by Crippen LogP contribution is 2.33. The Kier molecular flexibility index (Phi) is 5.16. The molecule has 1 amide bonds. The Morgan fingerprint density at radius 3 is 2.48 bits per heavy atom. The maximum Gasteiger partial charge on any atom is 0.401 e. The van der Waals surface area contributed by atoms with Crippen molar-refractivity contribution in [3.63, 3.8) is 0 Å². The normalized spacial score (nSPS) is 33.4. The predicted octanol–water partition coefficient (Wildman–Crippen LogP) is 2.05. The van der Waals surface area contributed by atoms with Crippen molar-refractivity contribution in [1.29, 1.82) is 0 Å². The Morgan fingerprint density at radius 2 is 1.83 bits per heavy atom. The summed E-state index contributed by atoms with van der Waals surface area (Å²) < 4.78 is 37.1. The van der Waals surface area contributed by atoms with Crippen LogP contribution in [-0.2, 0) is 4.79 Å². The number of hydrogen-bond donors (Lipinski definition) is 2. The van der Waals surface area contributed by atoms with Gasteiger partial charge >= 0.3 is 6.18 Å². The lowest BCUT2D eigenvalue weighted by Gasteiger charge is -2.33. The van der Waals surface area contributed by atoms with E-state index < -0.39 is 12.7 Å². The van der Waals surface area contributed by atoms with Crippen molar-refractivity contribution in [2.75, 3.05) is 19.6 Å². The number of carbonyl (C=O) groups excluding carboxylic acids is 1. The number of piperidine rings is 1. The number of rotatable bonds is 3. The van der Waals surface area contributed by atoms with Crippen LogP contribution in [0.15, 0.2) is 0 Å². The first-order valence-electron chi connectivity index (χ1n) is 8.76. The van der Waals surface area contributed by atoms with Crippen LogP contribution in [0.1, 0.15) is 44.9 Å². The quantitative estimate of drug-likeness (QED) is 0.831. The van der Waals surface area contributed by atoms with Gasteiger partial charge in [-0.05, 0) is 38.0 Å². The van der Waals surface area contributed by atoms with E-state index in [-0.39, 0.29) is 18.0 Å². The Bertz CT molecular complexity index is 407. The molecule has 3 aliphatic rings. The fourth-order valence-corrected chi connectivity index (χ4v) is 4.31. The largest absolute Gasteiger partial charge is 0.401 e. The summed E-state index contributed by atoms with van der Waals surface area (Å²) in [5, 5.41) is 6.50. The summed E-state index contributed by atoms with van der Waals surface area (Å²) in [6, 6.07) is 0.376. The van der Waals surface area contributed by atoms with Gasteiger partial charge in [-0.1, -0.05) is 12.8 Å². The van der Waals surface area contributed by atoms with Crippen molar-refractivity contribution in [3.8, 4) is 0 Å². The monoisotopic (exact) mass is 333 g/mol. The second-order valence-corrected chi connectivity index (χ2v) is 7.28. The average molecular weight is 333 g/mol. The SMILES string of the molecule is O=C(NC1CCN(CC(F)(F)F)CC1)C1CC2CCCCC2N1. The first-order chi connectivity index (χ1) is 10.9. The van der Waals surface area contributed by atoms with Gasteiger partial charge in [-0.2, -0.15) is 13.2 Å². The molecule has 2 heterocycles. The lowest BCUT2D eigenvalue weighted by Crippen LogP contribution is -2.51. The highest BCUT2D eigenvalue weighted by Gasteiger charge is 2.39. The maximum atomic E-state index is 12.4. The van der Waals surface area contributed by atoms with Gasteiger partial charge < -0.3 is 10.6 Å². The summed E-state index contributed by atoms with van der Waals surface area (Å²) in [7, 11) is 0. The zero-order valence-corrected chi connectivity index (χ0v) is 13.4. The van der Waals surface area contributed by atoms with Gasteiger partial charge in [0.1, 0.15) is 0 Å². The van der Waals surface area contributed by atoms with Crippen LogP contribution in [0.2, 0.25) is 0 Å². The molecular formula is C16H26F3N3O. The van der Waals surface area contributed by atoms with E-state index in [0.717, 1.165) is 12.8 Å². The van der Waals surface area contributed by atoms with Gasteiger partial charge in [0.25, 0.3) is 0 Å². The van der Waals surface area contributed by atoms with Crippen LogP contribution in [0.4, 0.5) is 13.2 Å². The minimum atomic E-state index is -4.14. The summed E-state index contributed by atoms with van der Waals surface area (Å²) in [6.45, 7) is -0.0528. The number of nitrogens with one attached hydrogen (secondary N) is 2. The molecule has 0 radical (unpaired) electrons. The first kappa shape index (κ1) is 17.0. The van der Waals surface area contributed by atoms with Crippen molar-refractivity contribution in [3.05, 3.63) is 0 Å². The number of amides is 1. The molecule has 3 unspecified atom stereocenters. The van der Waals surface area contributed by atoms with E-state index in [2.05, 4.69) is 10.6 Å². The molecule has 1 saturated carbocycles. The molecular weight excluding hydrogens is 307 g/mol. The molecule has 3 atom stereocenters. The molecule has 1 aliphatic carbocycles. The molecule has 0 aromatic rings. The Morgan fingerprint density at radius 1 is 1.13 bits per heavy atom. The van der Waals surface area contributed by atoms with Crippen molar-refractivity contribution >= 4 is 5.91 Å². The lowest BCUT2D eigenvalue weighted by molar-refractivity contribution is -0.148. The van der Waals surface area contributed by atoms with Crippen LogP contribution < -0.4 is 10.6 Å². The Labute approximate surface area is 135 Å². The zero-order valence-electron chi connectivity index (χ0n) is 13.4. The van der Waals surface area contributed by atoms with E-state index in [4.69, 9.17) is 0 Å². The van der Waals surface area contributed by atoms with Crippen molar-refractivity contribution in [2.24, 2.45) is 5.92 Å². The summed E-state index contributed by atoms with van der Waals surface area (Å²) in [5.74, 6) is 0.654. The van der Waals surface area contributed by atoms with Crippen LogP contribution >= 0.6 is 0 Å². The number of hydrogen-bond acceptors (Lipinski definition) is 3. The molecule has 4 nitrogen and oxygen atoms in total. The first-order valence-corrected chi connectivity index (χ1v) is 8.76. The van der Waals surface area contributed by atoms with Gasteiger partial charge in [-0.15, -0.1) is 0 Å². The molecule has 0 spiro atoms. The summed E-state index contributed by atoms with van der Waals surface area (Å²) in [4.78, 5) is 13.8. The molecule has 0 aromatic carbocycles. The summed E-state index contributed by atoms with van der Waals surface area (Å²) in [5.41, 5.74) is 0. The zero-order chi connectivity index (χ0) is 16.4. The lowest BCUT2D eigenvalue weighted by atomic mass is 9.85. The molecule has 2 aliphatic heterocycles. The van der Waals surface area contributed by atoms with E-state index in [1.807, 2.05) is 0 Å². The van der Waals surface area contributed by atoms with Gasteiger partial charge in [0.05, 0.1) is 12.6 Å². The van der Waals surface area contributed by atoms with E-state index in [1.165, 1.54) is 24.2 Å². The van der Waals surface area contributed by atoms with Crippen LogP contribution in [0.25, 0.3) is 0 Å². The number of fused-ring (bicyclic) bond motifs is 1. The van der Waals surface area contributed by atoms with Gasteiger partial charge in [0.15, 0.2) is 0 Å². The minimum absolute atomic E-state index is 0.0106. The van der Waals surface area contributed by atoms with Crippen LogP contribution in [0.3, 0.4) is 0 Å². The topological polar surface area (TPSA) is 44.4 Å². The standard InChI is InChI=1S/C16H26F3N3O/c17-16(18,19)10-22-7-5-12(6-8-22)20-15(23)14-9-11-3-1-2-4-13(11)21-14/h11-14,21H,1-10H2,(H,20,23). The van der Waals surface area contributed by atoms with Crippen molar-refractivity contribution in [2.45, 2.75) is 69.2 Å². The average Bonchev–Trinajstić information content (AvgIpc) is 2.92. The Balaban J connectivity index is 1.41. The fourth-order valence-electron chi connectivity index (χ4n) is 4.31. The van der Waals surface area contributed by atoms with Gasteiger partial charge in [-0.3, -0.25) is 9.69 Å². The third kappa shape index (κ3) is 4.59. The molecule has 3 rings (SSSR count). The molecule has 0 bridgehead atoms. The molecule has 23 heavy (non-hydrogen) atoms. The minimum Gasteiger partial charge on any atom is -0.352 e. The fraction of sp³-hybridized carbons (Fsp3) is 0.938. The van der Waals surface area contributed by atoms with E-state index in [9.17, 15) is 18.0 Å². The highest BCUT2D eigenvalue weighted by molar-refractivity contribution is 5.82. The smallest absolute Gasteiger partial charge is 0.352 e. The van der Waals surface area contributed by atoms with E-state index in [0.29, 0.717) is 37.9 Å². The molecule has 7 heteroatoms. The Hall–Kier alpha value is -0.820. The molecule has 3 fully saturated rings. The third-order valence-electron chi connectivity index (χ3n) is 5.52. The second-order valence-electron chi connectivity index (χ2n) is 7.28. The predicted molar refractivity (Wildman–Crippen MR) is 80.9 cm³/mol. The van der Waals surface area contributed by atoms with Gasteiger partial charge in [0, 0.05) is 25.2 Å². The third-order valence-corrected chi connectivity index (χ3v) is 5.52. The van der Waals surface area contributed by atoms with Crippen LogP contribution in [-0.4, -0.2) is 54.7 Å². The molecule has 2 N–H and O–H groups in total. The summed E-state index contributed by atoms with van der Waals surface area (Å²) >= 11 is 0. The van der Waals surface area contributed by atoms with E-state index in [1.54, 1.807) is 0 Å². The van der Waals surface area contributed by atoms with Crippen LogP contribution in [0.5, 0.6) is 0 Å².